The predicted octanol–water partition coefficient (Wildman–Crippen LogP) is 4.40. The van der Waals surface area contributed by atoms with E-state index >= 15 is 0 Å². The minimum Gasteiger partial charge on any atom is -0.441 e. The van der Waals surface area contributed by atoms with E-state index < -0.39 is 0 Å². The smallest absolute Gasteiger partial charge is 0.197 e. The molecule has 0 aliphatic heterocycles. The van der Waals surface area contributed by atoms with Crippen molar-refractivity contribution in [1.29, 1.82) is 0 Å². The summed E-state index contributed by atoms with van der Waals surface area (Å²) in [7, 11) is 1.96. The van der Waals surface area contributed by atoms with Crippen LogP contribution in [0.3, 0.4) is 0 Å². The molecule has 21 heavy (non-hydrogen) atoms. The number of oxazole rings is 1. The zero-order chi connectivity index (χ0) is 14.8. The second-order valence-corrected chi connectivity index (χ2v) is 6.00. The van der Waals surface area contributed by atoms with Crippen LogP contribution in [-0.4, -0.2) is 12.0 Å². The molecular formula is C17H17BrN2O. The molecular weight excluding hydrogens is 328 g/mol. The van der Waals surface area contributed by atoms with Crippen molar-refractivity contribution in [3.63, 3.8) is 0 Å². The van der Waals surface area contributed by atoms with Crippen molar-refractivity contribution >= 4 is 27.0 Å². The van der Waals surface area contributed by atoms with Gasteiger partial charge in [-0.15, -0.1) is 0 Å². The number of hydrogen-bond donors (Lipinski definition) is 1. The lowest BCUT2D eigenvalue weighted by atomic mass is 10.0. The van der Waals surface area contributed by atoms with Crippen molar-refractivity contribution in [2.24, 2.45) is 0 Å². The average molecular weight is 345 g/mol. The molecule has 1 aromatic heterocycles. The van der Waals surface area contributed by atoms with Gasteiger partial charge in [0.15, 0.2) is 11.5 Å². The van der Waals surface area contributed by atoms with Crippen LogP contribution in [0.15, 0.2) is 51.4 Å². The van der Waals surface area contributed by atoms with Gasteiger partial charge in [0.05, 0.1) is 0 Å². The molecule has 0 aliphatic carbocycles. The van der Waals surface area contributed by atoms with Gasteiger partial charge in [-0.3, -0.25) is 0 Å². The summed E-state index contributed by atoms with van der Waals surface area (Å²) in [6, 6.07) is 14.4. The van der Waals surface area contributed by atoms with Crippen molar-refractivity contribution in [1.82, 2.24) is 10.3 Å². The molecule has 0 amide bonds. The van der Waals surface area contributed by atoms with Crippen LogP contribution in [0.5, 0.6) is 0 Å². The highest BCUT2D eigenvalue weighted by Gasteiger charge is 2.17. The molecule has 0 radical (unpaired) electrons. The van der Waals surface area contributed by atoms with Crippen LogP contribution in [0, 0.1) is 6.92 Å². The number of fused-ring (bicyclic) bond motifs is 1. The SMILES string of the molecule is CNC(Cc1nc2ccccc2o1)c1cc(C)ccc1Br. The van der Waals surface area contributed by atoms with Crippen molar-refractivity contribution < 1.29 is 4.42 Å². The van der Waals surface area contributed by atoms with E-state index in [1.807, 2.05) is 31.3 Å². The first-order chi connectivity index (χ1) is 10.2. The van der Waals surface area contributed by atoms with Gasteiger partial charge in [-0.2, -0.15) is 0 Å². The molecule has 1 atom stereocenters. The predicted molar refractivity (Wildman–Crippen MR) is 88.4 cm³/mol. The van der Waals surface area contributed by atoms with Crippen LogP contribution in [0.4, 0.5) is 0 Å². The zero-order valence-electron chi connectivity index (χ0n) is 12.1. The summed E-state index contributed by atoms with van der Waals surface area (Å²) < 4.78 is 6.93. The molecule has 1 heterocycles. The van der Waals surface area contributed by atoms with E-state index in [4.69, 9.17) is 4.42 Å². The highest BCUT2D eigenvalue weighted by Crippen LogP contribution is 2.27. The van der Waals surface area contributed by atoms with Crippen molar-refractivity contribution in [3.05, 3.63) is 64.0 Å². The number of hydrogen-bond acceptors (Lipinski definition) is 3. The molecule has 3 nitrogen and oxygen atoms in total. The number of para-hydroxylation sites is 2. The summed E-state index contributed by atoms with van der Waals surface area (Å²) >= 11 is 3.63. The van der Waals surface area contributed by atoms with Crippen LogP contribution in [0.1, 0.15) is 23.1 Å². The van der Waals surface area contributed by atoms with Gasteiger partial charge in [0.25, 0.3) is 0 Å². The van der Waals surface area contributed by atoms with Crippen LogP contribution >= 0.6 is 15.9 Å². The first-order valence-corrected chi connectivity index (χ1v) is 7.74. The van der Waals surface area contributed by atoms with Gasteiger partial charge in [-0.05, 0) is 37.7 Å². The summed E-state index contributed by atoms with van der Waals surface area (Å²) in [6.07, 6.45) is 0.716. The number of aryl methyl sites for hydroxylation is 1. The highest BCUT2D eigenvalue weighted by atomic mass is 79.9. The number of nitrogens with one attached hydrogen (secondary N) is 1. The van der Waals surface area contributed by atoms with Crippen molar-refractivity contribution in [2.75, 3.05) is 7.05 Å². The Morgan fingerprint density at radius 2 is 2.05 bits per heavy atom. The third kappa shape index (κ3) is 3.01. The fraction of sp³-hybridized carbons (Fsp3) is 0.235. The minimum atomic E-state index is 0.160. The summed E-state index contributed by atoms with van der Waals surface area (Å²) in [6.45, 7) is 2.10. The molecule has 0 fully saturated rings. The lowest BCUT2D eigenvalue weighted by Crippen LogP contribution is -2.19. The normalized spacial score (nSPS) is 12.7. The number of likely N-dealkylation sites (N-methyl/N-ethyl adjacent to an activating group) is 1. The van der Waals surface area contributed by atoms with E-state index in [2.05, 4.69) is 51.4 Å². The Morgan fingerprint density at radius 3 is 2.81 bits per heavy atom. The maximum atomic E-state index is 5.83. The molecule has 3 aromatic rings. The Balaban J connectivity index is 1.91. The van der Waals surface area contributed by atoms with Crippen LogP contribution in [-0.2, 0) is 6.42 Å². The van der Waals surface area contributed by atoms with Crippen LogP contribution in [0.2, 0.25) is 0 Å². The van der Waals surface area contributed by atoms with Gasteiger partial charge < -0.3 is 9.73 Å². The zero-order valence-corrected chi connectivity index (χ0v) is 13.6. The van der Waals surface area contributed by atoms with Crippen molar-refractivity contribution in [3.8, 4) is 0 Å². The monoisotopic (exact) mass is 344 g/mol. The topological polar surface area (TPSA) is 38.1 Å². The molecule has 1 unspecified atom stereocenters. The third-order valence-corrected chi connectivity index (χ3v) is 4.31. The number of benzene rings is 2. The maximum Gasteiger partial charge on any atom is 0.197 e. The molecule has 0 aliphatic rings. The molecule has 108 valence electrons. The standard InChI is InChI=1S/C17H17BrN2O/c1-11-7-8-13(18)12(9-11)15(19-2)10-17-20-14-5-3-4-6-16(14)21-17/h3-9,15,19H,10H2,1-2H3. The second kappa shape index (κ2) is 6.00. The number of aromatic nitrogens is 1. The molecule has 0 saturated carbocycles. The Hall–Kier alpha value is -1.65. The Morgan fingerprint density at radius 1 is 1.24 bits per heavy atom. The lowest BCUT2D eigenvalue weighted by Gasteiger charge is -2.17. The fourth-order valence-electron chi connectivity index (χ4n) is 2.48. The quantitative estimate of drug-likeness (QED) is 0.762. The minimum absolute atomic E-state index is 0.160. The fourth-order valence-corrected chi connectivity index (χ4v) is 3.00. The molecule has 2 aromatic carbocycles. The third-order valence-electron chi connectivity index (χ3n) is 3.59. The van der Waals surface area contributed by atoms with Gasteiger partial charge in [0, 0.05) is 16.9 Å². The molecule has 0 bridgehead atoms. The number of nitrogens with zero attached hydrogens (tertiary/aromatic N) is 1. The van der Waals surface area contributed by atoms with Gasteiger partial charge in [-0.1, -0.05) is 45.8 Å². The first-order valence-electron chi connectivity index (χ1n) is 6.95. The average Bonchev–Trinajstić information content (AvgIpc) is 2.90. The van der Waals surface area contributed by atoms with Crippen molar-refractivity contribution in [2.45, 2.75) is 19.4 Å². The van der Waals surface area contributed by atoms with Crippen LogP contribution < -0.4 is 5.32 Å². The first kappa shape index (κ1) is 14.3. The highest BCUT2D eigenvalue weighted by molar-refractivity contribution is 9.10. The second-order valence-electron chi connectivity index (χ2n) is 5.15. The summed E-state index contributed by atoms with van der Waals surface area (Å²) in [5.41, 5.74) is 4.21. The Labute approximate surface area is 132 Å². The van der Waals surface area contributed by atoms with E-state index in [0.29, 0.717) is 6.42 Å². The largest absolute Gasteiger partial charge is 0.441 e. The van der Waals surface area contributed by atoms with E-state index in [1.165, 1.54) is 11.1 Å². The molecule has 3 rings (SSSR count). The van der Waals surface area contributed by atoms with E-state index in [9.17, 15) is 0 Å². The number of halogens is 1. The molecule has 4 heteroatoms. The summed E-state index contributed by atoms with van der Waals surface area (Å²) in [4.78, 5) is 4.56. The number of rotatable bonds is 4. The maximum absolute atomic E-state index is 5.83. The summed E-state index contributed by atoms with van der Waals surface area (Å²) in [5.74, 6) is 0.754. The Kier molecular flexibility index (Phi) is 4.08. The van der Waals surface area contributed by atoms with Gasteiger partial charge in [0.1, 0.15) is 5.52 Å². The molecule has 0 saturated heterocycles. The van der Waals surface area contributed by atoms with Crippen LogP contribution in [0.25, 0.3) is 11.1 Å². The lowest BCUT2D eigenvalue weighted by molar-refractivity contribution is 0.473. The molecule has 1 N–H and O–H groups in total. The Bertz CT molecular complexity index is 733. The summed E-state index contributed by atoms with van der Waals surface area (Å²) in [5, 5.41) is 3.35. The molecule has 0 spiro atoms. The van der Waals surface area contributed by atoms with E-state index in [-0.39, 0.29) is 6.04 Å². The van der Waals surface area contributed by atoms with Gasteiger partial charge in [0.2, 0.25) is 0 Å². The van der Waals surface area contributed by atoms with E-state index in [0.717, 1.165) is 21.5 Å². The van der Waals surface area contributed by atoms with E-state index in [1.54, 1.807) is 0 Å². The van der Waals surface area contributed by atoms with Gasteiger partial charge in [-0.25, -0.2) is 4.98 Å². The van der Waals surface area contributed by atoms with Gasteiger partial charge >= 0.3 is 0 Å².